The molecule has 0 amide bonds. The van der Waals surface area contributed by atoms with Gasteiger partial charge in [0.1, 0.15) is 0 Å². The average Bonchev–Trinajstić information content (AvgIpc) is 2.93. The molecule has 1 N–H and O–H groups in total. The molecule has 1 unspecified atom stereocenters. The number of rotatable bonds is 5. The van der Waals surface area contributed by atoms with Gasteiger partial charge in [0, 0.05) is 33.9 Å². The zero-order valence-corrected chi connectivity index (χ0v) is 14.5. The molecule has 3 rings (SSSR count). The minimum absolute atomic E-state index is 0.343. The number of aromatic nitrogens is 1. The summed E-state index contributed by atoms with van der Waals surface area (Å²) in [5.74, 6) is 2.43. The summed E-state index contributed by atoms with van der Waals surface area (Å²) in [6.07, 6.45) is 5.69. The van der Waals surface area contributed by atoms with Crippen molar-refractivity contribution in [1.82, 2.24) is 10.3 Å². The van der Waals surface area contributed by atoms with E-state index in [4.69, 9.17) is 11.6 Å². The third-order valence-corrected chi connectivity index (χ3v) is 6.42. The Hall–Kier alpha value is -0.550. The predicted molar refractivity (Wildman–Crippen MR) is 93.6 cm³/mol. The van der Waals surface area contributed by atoms with Crippen molar-refractivity contribution >= 4 is 34.7 Å². The third-order valence-electron chi connectivity index (χ3n) is 3.72. The smallest absolute Gasteiger partial charge is 0.0622 e. The molecule has 0 fully saturated rings. The number of thioether (sulfide) groups is 1. The Morgan fingerprint density at radius 3 is 3.14 bits per heavy atom. The van der Waals surface area contributed by atoms with Gasteiger partial charge in [-0.2, -0.15) is 11.8 Å². The van der Waals surface area contributed by atoms with Crippen LogP contribution in [-0.2, 0) is 18.6 Å². The summed E-state index contributed by atoms with van der Waals surface area (Å²) >= 11 is 10.3. The summed E-state index contributed by atoms with van der Waals surface area (Å²) in [5, 5.41) is 4.37. The van der Waals surface area contributed by atoms with Crippen LogP contribution in [0.3, 0.4) is 0 Å². The van der Waals surface area contributed by atoms with E-state index in [0.717, 1.165) is 18.0 Å². The summed E-state index contributed by atoms with van der Waals surface area (Å²) < 4.78 is 0. The fourth-order valence-corrected chi connectivity index (χ4v) is 5.30. The van der Waals surface area contributed by atoms with E-state index in [-0.39, 0.29) is 0 Å². The second-order valence-corrected chi connectivity index (χ2v) is 7.86. The summed E-state index contributed by atoms with van der Waals surface area (Å²) in [4.78, 5) is 7.09. The Labute approximate surface area is 139 Å². The standard InChI is InChI=1S/C16H19ClN2S2/c1-2-19-14(7-11-3-5-18-9-13(11)17)16-8-12-10-20-6-4-15(12)21-16/h3,5,8-9,14,19H,2,4,6-7,10H2,1H3. The van der Waals surface area contributed by atoms with Crippen LogP contribution in [0.15, 0.2) is 24.5 Å². The number of hydrogen-bond acceptors (Lipinski definition) is 4. The maximum Gasteiger partial charge on any atom is 0.0622 e. The molecule has 0 aromatic carbocycles. The van der Waals surface area contributed by atoms with Gasteiger partial charge < -0.3 is 5.32 Å². The van der Waals surface area contributed by atoms with Crippen LogP contribution >= 0.6 is 34.7 Å². The maximum atomic E-state index is 6.27. The van der Waals surface area contributed by atoms with Crippen LogP contribution in [0.1, 0.15) is 33.8 Å². The zero-order valence-electron chi connectivity index (χ0n) is 12.1. The first-order valence-corrected chi connectivity index (χ1v) is 9.64. The van der Waals surface area contributed by atoms with Crippen LogP contribution in [0.5, 0.6) is 0 Å². The molecule has 0 spiro atoms. The largest absolute Gasteiger partial charge is 0.309 e. The van der Waals surface area contributed by atoms with Crippen LogP contribution in [0.4, 0.5) is 0 Å². The molecule has 1 atom stereocenters. The third kappa shape index (κ3) is 3.62. The first-order valence-electron chi connectivity index (χ1n) is 7.29. The summed E-state index contributed by atoms with van der Waals surface area (Å²) in [6, 6.07) is 4.76. The number of likely N-dealkylation sites (N-methyl/N-ethyl adjacent to an activating group) is 1. The molecule has 0 saturated carbocycles. The molecule has 112 valence electrons. The van der Waals surface area contributed by atoms with Crippen molar-refractivity contribution in [2.24, 2.45) is 0 Å². The van der Waals surface area contributed by atoms with Gasteiger partial charge in [-0.15, -0.1) is 11.3 Å². The number of thiophene rings is 1. The molecule has 1 aliphatic rings. The number of hydrogen-bond donors (Lipinski definition) is 1. The van der Waals surface area contributed by atoms with E-state index >= 15 is 0 Å². The molecule has 0 radical (unpaired) electrons. The number of halogens is 1. The fourth-order valence-electron chi connectivity index (χ4n) is 2.65. The Balaban J connectivity index is 1.84. The van der Waals surface area contributed by atoms with E-state index < -0.39 is 0 Å². The number of fused-ring (bicyclic) bond motifs is 1. The molecule has 2 aromatic rings. The van der Waals surface area contributed by atoms with Gasteiger partial charge in [-0.1, -0.05) is 18.5 Å². The topological polar surface area (TPSA) is 24.9 Å². The van der Waals surface area contributed by atoms with Crippen molar-refractivity contribution in [2.75, 3.05) is 12.3 Å². The average molecular weight is 339 g/mol. The highest BCUT2D eigenvalue weighted by Crippen LogP contribution is 2.35. The Bertz CT molecular complexity index is 589. The van der Waals surface area contributed by atoms with Gasteiger partial charge in [0.2, 0.25) is 0 Å². The minimum atomic E-state index is 0.343. The highest BCUT2D eigenvalue weighted by Gasteiger charge is 2.20. The van der Waals surface area contributed by atoms with Gasteiger partial charge in [-0.25, -0.2) is 0 Å². The van der Waals surface area contributed by atoms with Crippen LogP contribution in [0.25, 0.3) is 0 Å². The summed E-state index contributed by atoms with van der Waals surface area (Å²) in [6.45, 7) is 3.12. The maximum absolute atomic E-state index is 6.27. The van der Waals surface area contributed by atoms with E-state index in [1.807, 2.05) is 35.4 Å². The Morgan fingerprint density at radius 1 is 1.48 bits per heavy atom. The molecule has 1 aliphatic heterocycles. The van der Waals surface area contributed by atoms with Gasteiger partial charge in [0.15, 0.2) is 0 Å². The van der Waals surface area contributed by atoms with E-state index in [1.165, 1.54) is 33.9 Å². The van der Waals surface area contributed by atoms with Crippen LogP contribution in [0.2, 0.25) is 5.02 Å². The molecular formula is C16H19ClN2S2. The molecule has 3 heterocycles. The number of pyridine rings is 1. The van der Waals surface area contributed by atoms with Crippen molar-refractivity contribution in [3.05, 3.63) is 50.4 Å². The first-order chi connectivity index (χ1) is 10.3. The van der Waals surface area contributed by atoms with E-state index in [9.17, 15) is 0 Å². The summed E-state index contributed by atoms with van der Waals surface area (Å²) in [5.41, 5.74) is 2.70. The monoisotopic (exact) mass is 338 g/mol. The molecule has 21 heavy (non-hydrogen) atoms. The van der Waals surface area contributed by atoms with Gasteiger partial charge >= 0.3 is 0 Å². The van der Waals surface area contributed by atoms with Crippen molar-refractivity contribution in [2.45, 2.75) is 31.6 Å². The minimum Gasteiger partial charge on any atom is -0.309 e. The van der Waals surface area contributed by atoms with Gasteiger partial charge in [-0.3, -0.25) is 4.98 Å². The lowest BCUT2D eigenvalue weighted by Crippen LogP contribution is -2.22. The van der Waals surface area contributed by atoms with Gasteiger partial charge in [0.25, 0.3) is 0 Å². The molecule has 0 bridgehead atoms. The first kappa shape index (κ1) is 15.3. The lowest BCUT2D eigenvalue weighted by atomic mass is 10.0. The van der Waals surface area contributed by atoms with Crippen LogP contribution in [-0.4, -0.2) is 17.3 Å². The highest BCUT2D eigenvalue weighted by atomic mass is 35.5. The van der Waals surface area contributed by atoms with Crippen molar-refractivity contribution in [1.29, 1.82) is 0 Å². The van der Waals surface area contributed by atoms with E-state index in [1.54, 1.807) is 11.1 Å². The van der Waals surface area contributed by atoms with Crippen molar-refractivity contribution < 1.29 is 0 Å². The zero-order chi connectivity index (χ0) is 14.7. The molecule has 2 nitrogen and oxygen atoms in total. The molecule has 2 aromatic heterocycles. The predicted octanol–water partition coefficient (Wildman–Crippen LogP) is 4.48. The highest BCUT2D eigenvalue weighted by molar-refractivity contribution is 7.98. The quantitative estimate of drug-likeness (QED) is 0.870. The molecule has 5 heteroatoms. The van der Waals surface area contributed by atoms with Crippen molar-refractivity contribution in [3.63, 3.8) is 0 Å². The molecular weight excluding hydrogens is 320 g/mol. The molecule has 0 saturated heterocycles. The Morgan fingerprint density at radius 2 is 2.38 bits per heavy atom. The summed E-state index contributed by atoms with van der Waals surface area (Å²) in [7, 11) is 0. The lowest BCUT2D eigenvalue weighted by molar-refractivity contribution is 0.558. The molecule has 0 aliphatic carbocycles. The van der Waals surface area contributed by atoms with Crippen LogP contribution < -0.4 is 5.32 Å². The number of nitrogens with one attached hydrogen (secondary N) is 1. The van der Waals surface area contributed by atoms with Gasteiger partial charge in [0.05, 0.1) is 5.02 Å². The van der Waals surface area contributed by atoms with E-state index in [0.29, 0.717) is 6.04 Å². The van der Waals surface area contributed by atoms with E-state index in [2.05, 4.69) is 23.3 Å². The normalized spacial score (nSPS) is 15.7. The number of aryl methyl sites for hydroxylation is 1. The van der Waals surface area contributed by atoms with Gasteiger partial charge in [-0.05, 0) is 48.4 Å². The van der Waals surface area contributed by atoms with Crippen LogP contribution in [0, 0.1) is 0 Å². The Kier molecular flexibility index (Phi) is 5.22. The second kappa shape index (κ2) is 7.14. The SMILES string of the molecule is CCNC(Cc1ccncc1Cl)c1cc2c(s1)CCSC2. The number of nitrogens with zero attached hydrogens (tertiary/aromatic N) is 1. The van der Waals surface area contributed by atoms with Crippen molar-refractivity contribution in [3.8, 4) is 0 Å². The lowest BCUT2D eigenvalue weighted by Gasteiger charge is -2.17. The fraction of sp³-hybridized carbons (Fsp3) is 0.438. The second-order valence-electron chi connectivity index (χ2n) is 5.18.